The molecule has 2 aromatic carbocycles. The Morgan fingerprint density at radius 3 is 2.19 bits per heavy atom. The van der Waals surface area contributed by atoms with Gasteiger partial charge in [0.2, 0.25) is 5.91 Å². The van der Waals surface area contributed by atoms with Crippen LogP contribution in [0.25, 0.3) is 0 Å². The Morgan fingerprint density at radius 2 is 1.62 bits per heavy atom. The van der Waals surface area contributed by atoms with E-state index < -0.39 is 5.91 Å². The van der Waals surface area contributed by atoms with E-state index in [4.69, 9.17) is 10.5 Å². The average molecular weight is 283 g/mol. The Kier molecular flexibility index (Phi) is 4.63. The van der Waals surface area contributed by atoms with Crippen LogP contribution in [0, 0.1) is 13.8 Å². The minimum Gasteiger partial charge on any atom is -0.489 e. The molecular weight excluding hydrogens is 262 g/mol. The molecule has 0 radical (unpaired) electrons. The van der Waals surface area contributed by atoms with Gasteiger partial charge in [-0.15, -0.1) is 0 Å². The fraction of sp³-hybridized carbons (Fsp3) is 0.278. The molecule has 0 fully saturated rings. The molecule has 110 valence electrons. The summed E-state index contributed by atoms with van der Waals surface area (Å²) >= 11 is 0. The van der Waals surface area contributed by atoms with Crippen molar-refractivity contribution < 1.29 is 9.53 Å². The van der Waals surface area contributed by atoms with Crippen molar-refractivity contribution in [2.24, 2.45) is 5.73 Å². The van der Waals surface area contributed by atoms with Crippen LogP contribution in [0.1, 0.15) is 39.5 Å². The van der Waals surface area contributed by atoms with E-state index in [1.165, 1.54) is 5.56 Å². The summed E-state index contributed by atoms with van der Waals surface area (Å²) in [6, 6.07) is 11.9. The molecule has 1 amide bonds. The number of nitrogens with two attached hydrogens (primary N) is 1. The number of primary amides is 1. The maximum Gasteiger partial charge on any atom is 0.248 e. The van der Waals surface area contributed by atoms with Gasteiger partial charge >= 0.3 is 0 Å². The first kappa shape index (κ1) is 15.1. The molecule has 0 aliphatic carbocycles. The zero-order chi connectivity index (χ0) is 15.4. The first-order valence-electron chi connectivity index (χ1n) is 7.13. The van der Waals surface area contributed by atoms with E-state index >= 15 is 0 Å². The van der Waals surface area contributed by atoms with Gasteiger partial charge < -0.3 is 10.5 Å². The molecule has 0 aliphatic rings. The zero-order valence-electron chi connectivity index (χ0n) is 12.8. The third-order valence-corrected chi connectivity index (χ3v) is 3.83. The van der Waals surface area contributed by atoms with Crippen molar-refractivity contribution in [2.45, 2.75) is 33.8 Å². The second kappa shape index (κ2) is 6.44. The lowest BCUT2D eigenvalue weighted by Gasteiger charge is -2.13. The molecule has 0 aliphatic heterocycles. The van der Waals surface area contributed by atoms with Crippen LogP contribution in [0.4, 0.5) is 0 Å². The van der Waals surface area contributed by atoms with Gasteiger partial charge in [-0.2, -0.15) is 0 Å². The van der Waals surface area contributed by atoms with E-state index in [-0.39, 0.29) is 0 Å². The minimum absolute atomic E-state index is 0.405. The maximum absolute atomic E-state index is 11.3. The monoisotopic (exact) mass is 283 g/mol. The van der Waals surface area contributed by atoms with E-state index in [9.17, 15) is 4.79 Å². The van der Waals surface area contributed by atoms with Gasteiger partial charge in [-0.25, -0.2) is 0 Å². The van der Waals surface area contributed by atoms with Crippen LogP contribution in [0.3, 0.4) is 0 Å². The molecule has 21 heavy (non-hydrogen) atoms. The molecule has 3 nitrogen and oxygen atoms in total. The average Bonchev–Trinajstić information content (AvgIpc) is 2.49. The number of carbonyl (C=O) groups is 1. The fourth-order valence-corrected chi connectivity index (χ4v) is 2.25. The summed E-state index contributed by atoms with van der Waals surface area (Å²) in [5.74, 6) is 0.384. The number of hydrogen-bond acceptors (Lipinski definition) is 2. The number of ether oxygens (including phenoxy) is 1. The van der Waals surface area contributed by atoms with Gasteiger partial charge in [0.15, 0.2) is 0 Å². The molecule has 0 atom stereocenters. The number of aryl methyl sites for hydroxylation is 1. The summed E-state index contributed by atoms with van der Waals surface area (Å²) in [5.41, 5.74) is 10.2. The highest BCUT2D eigenvalue weighted by molar-refractivity contribution is 5.94. The van der Waals surface area contributed by atoms with Gasteiger partial charge in [0.1, 0.15) is 12.4 Å². The van der Waals surface area contributed by atoms with Crippen LogP contribution in [-0.4, -0.2) is 5.91 Å². The lowest BCUT2D eigenvalue weighted by molar-refractivity contribution is 0.0999. The minimum atomic E-state index is -0.405. The molecule has 0 unspecified atom stereocenters. The SMILES string of the molecule is CCc1ccc(COc2ccc(C(N)=O)c(C)c2C)cc1. The number of amides is 1. The largest absolute Gasteiger partial charge is 0.489 e. The topological polar surface area (TPSA) is 52.3 Å². The van der Waals surface area contributed by atoms with Crippen LogP contribution in [0.15, 0.2) is 36.4 Å². The molecular formula is C18H21NO2. The van der Waals surface area contributed by atoms with Gasteiger partial charge in [-0.05, 0) is 54.7 Å². The van der Waals surface area contributed by atoms with Gasteiger partial charge in [-0.1, -0.05) is 31.2 Å². The molecule has 0 bridgehead atoms. The van der Waals surface area contributed by atoms with Gasteiger partial charge in [0, 0.05) is 5.56 Å². The molecule has 2 rings (SSSR count). The first-order chi connectivity index (χ1) is 10.0. The predicted molar refractivity (Wildman–Crippen MR) is 84.6 cm³/mol. The highest BCUT2D eigenvalue weighted by Crippen LogP contribution is 2.25. The number of hydrogen-bond donors (Lipinski definition) is 1. The van der Waals surface area contributed by atoms with E-state index in [2.05, 4.69) is 31.2 Å². The van der Waals surface area contributed by atoms with E-state index in [1.807, 2.05) is 19.9 Å². The summed E-state index contributed by atoms with van der Waals surface area (Å²) in [7, 11) is 0. The van der Waals surface area contributed by atoms with Crippen molar-refractivity contribution in [1.29, 1.82) is 0 Å². The summed E-state index contributed by atoms with van der Waals surface area (Å²) < 4.78 is 5.86. The standard InChI is InChI=1S/C18H21NO2/c1-4-14-5-7-15(8-6-14)11-21-17-10-9-16(18(19)20)12(2)13(17)3/h5-10H,4,11H2,1-3H3,(H2,19,20). The molecule has 2 aromatic rings. The van der Waals surface area contributed by atoms with Crippen LogP contribution in [-0.2, 0) is 13.0 Å². The second-order valence-electron chi connectivity index (χ2n) is 5.18. The Labute approximate surface area is 125 Å². The fourth-order valence-electron chi connectivity index (χ4n) is 2.25. The highest BCUT2D eigenvalue weighted by atomic mass is 16.5. The third kappa shape index (κ3) is 3.43. The lowest BCUT2D eigenvalue weighted by Crippen LogP contribution is -2.13. The Hall–Kier alpha value is -2.29. The van der Waals surface area contributed by atoms with E-state index in [0.29, 0.717) is 12.2 Å². The van der Waals surface area contributed by atoms with Crippen LogP contribution >= 0.6 is 0 Å². The quantitative estimate of drug-likeness (QED) is 0.912. The maximum atomic E-state index is 11.3. The van der Waals surface area contributed by atoms with Gasteiger partial charge in [-0.3, -0.25) is 4.79 Å². The lowest BCUT2D eigenvalue weighted by atomic mass is 10.0. The molecule has 0 heterocycles. The highest BCUT2D eigenvalue weighted by Gasteiger charge is 2.11. The van der Waals surface area contributed by atoms with Crippen LogP contribution in [0.2, 0.25) is 0 Å². The summed E-state index contributed by atoms with van der Waals surface area (Å²) in [6.45, 7) is 6.48. The van der Waals surface area contributed by atoms with E-state index in [1.54, 1.807) is 6.07 Å². The summed E-state index contributed by atoms with van der Waals surface area (Å²) in [6.07, 6.45) is 1.04. The van der Waals surface area contributed by atoms with Crippen molar-refractivity contribution in [2.75, 3.05) is 0 Å². The van der Waals surface area contributed by atoms with Crippen LogP contribution in [0.5, 0.6) is 5.75 Å². The molecule has 3 heteroatoms. The Bertz CT molecular complexity index is 645. The van der Waals surface area contributed by atoms with Gasteiger partial charge in [0.05, 0.1) is 0 Å². The molecule has 0 spiro atoms. The molecule has 0 aromatic heterocycles. The van der Waals surface area contributed by atoms with Gasteiger partial charge in [0.25, 0.3) is 0 Å². The normalized spacial score (nSPS) is 10.4. The number of carbonyl (C=O) groups excluding carboxylic acids is 1. The smallest absolute Gasteiger partial charge is 0.248 e. The molecule has 0 saturated heterocycles. The zero-order valence-corrected chi connectivity index (χ0v) is 12.8. The summed E-state index contributed by atoms with van der Waals surface area (Å²) in [4.78, 5) is 11.3. The summed E-state index contributed by atoms with van der Waals surface area (Å²) in [5, 5.41) is 0. The van der Waals surface area contributed by atoms with Crippen LogP contribution < -0.4 is 10.5 Å². The third-order valence-electron chi connectivity index (χ3n) is 3.83. The number of rotatable bonds is 5. The van der Waals surface area contributed by atoms with E-state index in [0.717, 1.165) is 28.9 Å². The van der Waals surface area contributed by atoms with Crippen molar-refractivity contribution in [1.82, 2.24) is 0 Å². The van der Waals surface area contributed by atoms with Crippen molar-refractivity contribution in [3.63, 3.8) is 0 Å². The first-order valence-corrected chi connectivity index (χ1v) is 7.13. The second-order valence-corrected chi connectivity index (χ2v) is 5.18. The number of benzene rings is 2. The molecule has 2 N–H and O–H groups in total. The Balaban J connectivity index is 2.12. The molecule has 0 saturated carbocycles. The van der Waals surface area contributed by atoms with Crippen molar-refractivity contribution in [3.05, 3.63) is 64.2 Å². The van der Waals surface area contributed by atoms with Crippen molar-refractivity contribution in [3.8, 4) is 5.75 Å². The Morgan fingerprint density at radius 1 is 1.00 bits per heavy atom. The predicted octanol–water partition coefficient (Wildman–Crippen LogP) is 3.54. The van der Waals surface area contributed by atoms with Crippen molar-refractivity contribution >= 4 is 5.91 Å².